The number of sulfonamides is 1. The second-order valence-electron chi connectivity index (χ2n) is 7.47. The maximum Gasteiger partial charge on any atom is 0.300 e. The number of Topliss-reactive ketones (excluding diaryl/α,β-unsaturated/α-hetero) is 1. The third kappa shape index (κ3) is 4.48. The van der Waals surface area contributed by atoms with Gasteiger partial charge in [0.1, 0.15) is 5.76 Å². The molecule has 1 amide bonds. The molecule has 2 aromatic carbocycles. The number of ether oxygens (including phenoxy) is 1. The third-order valence-electron chi connectivity index (χ3n) is 5.36. The molecule has 2 heterocycles. The lowest BCUT2D eigenvalue weighted by Gasteiger charge is -2.25. The summed E-state index contributed by atoms with van der Waals surface area (Å²) in [4.78, 5) is 31.4. The Morgan fingerprint density at radius 1 is 1.11 bits per heavy atom. The number of anilines is 1. The van der Waals surface area contributed by atoms with E-state index in [2.05, 4.69) is 4.98 Å². The summed E-state index contributed by atoms with van der Waals surface area (Å²) in [6.45, 7) is 0. The predicted octanol–water partition coefficient (Wildman–Crippen LogP) is 3.67. The van der Waals surface area contributed by atoms with Gasteiger partial charge in [0, 0.05) is 23.6 Å². The molecule has 0 saturated carbocycles. The average Bonchev–Trinajstić information content (AvgIpc) is 3.09. The van der Waals surface area contributed by atoms with Gasteiger partial charge in [0.2, 0.25) is 10.0 Å². The van der Waals surface area contributed by atoms with E-state index < -0.39 is 33.5 Å². The zero-order valence-corrected chi connectivity index (χ0v) is 20.3. The van der Waals surface area contributed by atoms with E-state index >= 15 is 0 Å². The van der Waals surface area contributed by atoms with Crippen molar-refractivity contribution < 1.29 is 27.9 Å². The average molecular weight is 534 g/mol. The molecule has 9 nitrogen and oxygen atoms in total. The number of halogens is 2. The number of methoxy groups -OCH3 is 1. The van der Waals surface area contributed by atoms with Gasteiger partial charge in [-0.1, -0.05) is 29.3 Å². The van der Waals surface area contributed by atoms with Crippen LogP contribution in [0.2, 0.25) is 10.0 Å². The highest BCUT2D eigenvalue weighted by atomic mass is 35.5. The molecule has 4 rings (SSSR count). The van der Waals surface area contributed by atoms with Crippen LogP contribution in [0.3, 0.4) is 0 Å². The minimum atomic E-state index is -3.97. The number of nitrogens with zero attached hydrogens (tertiary/aromatic N) is 2. The van der Waals surface area contributed by atoms with E-state index in [1.807, 2.05) is 0 Å². The normalized spacial score (nSPS) is 17.6. The number of aliphatic hydroxyl groups excluding tert-OH is 1. The standard InChI is InChI=1S/C23H17Cl2N3O6S/c1-34-22-16(24)9-13(10-17(22)25)20(29)18-19(12-3-2-8-27-11-12)28(23(31)21(18)30)14-4-6-15(7-5-14)35(26,32)33/h2-11,19,29H,1H3,(H2,26,32,33)/b20-18+. The molecule has 35 heavy (non-hydrogen) atoms. The minimum absolute atomic E-state index is 0.0901. The van der Waals surface area contributed by atoms with Gasteiger partial charge in [-0.05, 0) is 48.0 Å². The highest BCUT2D eigenvalue weighted by Gasteiger charge is 2.47. The molecule has 1 saturated heterocycles. The number of carbonyl (C=O) groups is 2. The van der Waals surface area contributed by atoms with Crippen molar-refractivity contribution in [1.29, 1.82) is 0 Å². The number of primary sulfonamides is 1. The SMILES string of the molecule is COc1c(Cl)cc(/C(O)=C2\C(=O)C(=O)N(c3ccc(S(N)(=O)=O)cc3)C2c2cccnc2)cc1Cl. The Labute approximate surface area is 210 Å². The van der Waals surface area contributed by atoms with Crippen molar-refractivity contribution in [3.8, 4) is 5.75 Å². The molecule has 12 heteroatoms. The first-order chi connectivity index (χ1) is 16.5. The Hall–Kier alpha value is -3.44. The molecule has 0 radical (unpaired) electrons. The Balaban J connectivity index is 1.93. The molecule has 0 spiro atoms. The van der Waals surface area contributed by atoms with E-state index in [4.69, 9.17) is 33.1 Å². The zero-order chi connectivity index (χ0) is 25.5. The number of aromatic nitrogens is 1. The summed E-state index contributed by atoms with van der Waals surface area (Å²) in [7, 11) is -2.60. The molecule has 1 fully saturated rings. The van der Waals surface area contributed by atoms with Gasteiger partial charge < -0.3 is 9.84 Å². The molecular weight excluding hydrogens is 517 g/mol. The number of ketones is 1. The van der Waals surface area contributed by atoms with Gasteiger partial charge in [0.25, 0.3) is 11.7 Å². The van der Waals surface area contributed by atoms with Crippen LogP contribution in [0.5, 0.6) is 5.75 Å². The van der Waals surface area contributed by atoms with E-state index in [1.54, 1.807) is 12.1 Å². The first-order valence-electron chi connectivity index (χ1n) is 9.91. The third-order valence-corrected chi connectivity index (χ3v) is 6.85. The number of carbonyl (C=O) groups excluding carboxylic acids is 2. The molecule has 3 aromatic rings. The van der Waals surface area contributed by atoms with Gasteiger partial charge in [0.05, 0.1) is 33.7 Å². The second kappa shape index (κ2) is 9.31. The van der Waals surface area contributed by atoms with E-state index in [1.165, 1.54) is 55.9 Å². The van der Waals surface area contributed by atoms with Gasteiger partial charge in [-0.2, -0.15) is 0 Å². The van der Waals surface area contributed by atoms with Gasteiger partial charge >= 0.3 is 0 Å². The molecule has 3 N–H and O–H groups in total. The topological polar surface area (TPSA) is 140 Å². The van der Waals surface area contributed by atoms with Crippen molar-refractivity contribution in [2.75, 3.05) is 12.0 Å². The molecule has 0 bridgehead atoms. The van der Waals surface area contributed by atoms with Gasteiger partial charge in [-0.25, -0.2) is 13.6 Å². The number of amides is 1. The number of benzene rings is 2. The number of pyridine rings is 1. The lowest BCUT2D eigenvalue weighted by molar-refractivity contribution is -0.132. The number of nitrogens with two attached hydrogens (primary N) is 1. The highest BCUT2D eigenvalue weighted by molar-refractivity contribution is 7.89. The molecule has 1 aliphatic rings. The van der Waals surface area contributed by atoms with Gasteiger partial charge in [-0.15, -0.1) is 0 Å². The molecule has 1 unspecified atom stereocenters. The molecule has 180 valence electrons. The summed E-state index contributed by atoms with van der Waals surface area (Å²) < 4.78 is 28.4. The van der Waals surface area contributed by atoms with E-state index in [9.17, 15) is 23.1 Å². The van der Waals surface area contributed by atoms with Crippen LogP contribution in [0, 0.1) is 0 Å². The van der Waals surface area contributed by atoms with E-state index in [-0.39, 0.29) is 37.5 Å². The van der Waals surface area contributed by atoms with Crippen LogP contribution in [-0.4, -0.2) is 37.3 Å². The fourth-order valence-electron chi connectivity index (χ4n) is 3.80. The first kappa shape index (κ1) is 24.7. The number of rotatable bonds is 5. The van der Waals surface area contributed by atoms with Crippen molar-refractivity contribution in [2.24, 2.45) is 5.14 Å². The van der Waals surface area contributed by atoms with Crippen molar-refractivity contribution in [2.45, 2.75) is 10.9 Å². The number of hydrogen-bond acceptors (Lipinski definition) is 7. The van der Waals surface area contributed by atoms with E-state index in [0.29, 0.717) is 5.56 Å². The summed E-state index contributed by atoms with van der Waals surface area (Å²) in [5, 5.41) is 16.5. The van der Waals surface area contributed by atoms with Crippen LogP contribution < -0.4 is 14.8 Å². The summed E-state index contributed by atoms with van der Waals surface area (Å²) in [6, 6.07) is 10.00. The Morgan fingerprint density at radius 3 is 2.26 bits per heavy atom. The lowest BCUT2D eigenvalue weighted by Crippen LogP contribution is -2.29. The van der Waals surface area contributed by atoms with Crippen LogP contribution in [-0.2, 0) is 19.6 Å². The fourth-order valence-corrected chi connectivity index (χ4v) is 4.95. The fraction of sp³-hybridized carbons (Fsp3) is 0.0870. The predicted molar refractivity (Wildman–Crippen MR) is 130 cm³/mol. The Morgan fingerprint density at radius 2 is 1.74 bits per heavy atom. The lowest BCUT2D eigenvalue weighted by atomic mass is 9.96. The highest BCUT2D eigenvalue weighted by Crippen LogP contribution is 2.43. The van der Waals surface area contributed by atoms with Crippen molar-refractivity contribution in [1.82, 2.24) is 4.98 Å². The molecule has 1 aliphatic heterocycles. The van der Waals surface area contributed by atoms with Crippen LogP contribution in [0.15, 0.2) is 71.4 Å². The van der Waals surface area contributed by atoms with Crippen molar-refractivity contribution in [3.63, 3.8) is 0 Å². The molecule has 0 aliphatic carbocycles. The zero-order valence-electron chi connectivity index (χ0n) is 18.0. The summed E-state index contributed by atoms with van der Waals surface area (Å²) in [6.07, 6.45) is 2.96. The largest absolute Gasteiger partial charge is 0.507 e. The van der Waals surface area contributed by atoms with Crippen molar-refractivity contribution in [3.05, 3.63) is 87.7 Å². The Kier molecular flexibility index (Phi) is 6.56. The maximum atomic E-state index is 13.2. The molecule has 1 aromatic heterocycles. The number of aliphatic hydroxyl groups is 1. The van der Waals surface area contributed by atoms with E-state index in [0.717, 1.165) is 4.90 Å². The van der Waals surface area contributed by atoms with Gasteiger partial charge in [-0.3, -0.25) is 19.5 Å². The first-order valence-corrected chi connectivity index (χ1v) is 12.2. The molecule has 1 atom stereocenters. The summed E-state index contributed by atoms with van der Waals surface area (Å²) in [5.41, 5.74) is 0.501. The van der Waals surface area contributed by atoms with Crippen molar-refractivity contribution >= 4 is 56.4 Å². The monoisotopic (exact) mass is 533 g/mol. The van der Waals surface area contributed by atoms with Crippen LogP contribution in [0.4, 0.5) is 5.69 Å². The van der Waals surface area contributed by atoms with Gasteiger partial charge in [0.15, 0.2) is 5.75 Å². The maximum absolute atomic E-state index is 13.2. The summed E-state index contributed by atoms with van der Waals surface area (Å²) >= 11 is 12.4. The Bertz CT molecular complexity index is 1450. The van der Waals surface area contributed by atoms with Crippen LogP contribution in [0.25, 0.3) is 5.76 Å². The smallest absolute Gasteiger partial charge is 0.300 e. The quantitative estimate of drug-likeness (QED) is 0.289. The van der Waals surface area contributed by atoms with Crippen LogP contribution in [0.1, 0.15) is 17.2 Å². The van der Waals surface area contributed by atoms with Crippen LogP contribution >= 0.6 is 23.2 Å². The molecular formula is C23H17Cl2N3O6S. The number of hydrogen-bond donors (Lipinski definition) is 2. The minimum Gasteiger partial charge on any atom is -0.507 e. The second-order valence-corrected chi connectivity index (χ2v) is 9.84. The summed E-state index contributed by atoms with van der Waals surface area (Å²) in [5.74, 6) is -2.22.